The van der Waals surface area contributed by atoms with Gasteiger partial charge in [-0.1, -0.05) is 0 Å². The zero-order valence-corrected chi connectivity index (χ0v) is 37.7. The SMILES string of the molecule is Cc1cc2c(cc1C(C)(C)C)-c1cc(C(C)(C)C)c(C)cc1[CH]2[Zr]([Cl])([Cl])(=[C](c1cc(Cl)cc2ccccc12)c1cc(Cl)cc2ccccc12)[CH]1C=CC=C1. The zero-order chi connectivity index (χ0) is 38.6. The summed E-state index contributed by atoms with van der Waals surface area (Å²) >= 11 is 8.39. The van der Waals surface area contributed by atoms with E-state index in [9.17, 15) is 0 Å². The quantitative estimate of drug-likeness (QED) is 0.166. The Morgan fingerprint density at radius 2 is 0.963 bits per heavy atom. The molecule has 274 valence electrons. The predicted octanol–water partition coefficient (Wildman–Crippen LogP) is 15.8. The Morgan fingerprint density at radius 1 is 0.556 bits per heavy atom. The Balaban J connectivity index is 1.67. The monoisotopic (exact) mass is 864 g/mol. The first-order chi connectivity index (χ1) is 25.4. The van der Waals surface area contributed by atoms with Crippen LogP contribution in [-0.4, -0.2) is 3.21 Å². The van der Waals surface area contributed by atoms with Gasteiger partial charge in [-0.3, -0.25) is 0 Å². The van der Waals surface area contributed by atoms with E-state index < -0.39 is 15.9 Å². The molecule has 0 heterocycles. The third-order valence-corrected chi connectivity index (χ3v) is 31.9. The molecule has 2 aliphatic rings. The number of hydrogen-bond donors (Lipinski definition) is 0. The molecule has 0 saturated carbocycles. The molecule has 0 radical (unpaired) electrons. The van der Waals surface area contributed by atoms with Gasteiger partial charge in [0.05, 0.1) is 0 Å². The molecule has 0 nitrogen and oxygen atoms in total. The Morgan fingerprint density at radius 3 is 1.37 bits per heavy atom. The van der Waals surface area contributed by atoms with Gasteiger partial charge in [0.1, 0.15) is 0 Å². The van der Waals surface area contributed by atoms with Crippen molar-refractivity contribution in [1.29, 1.82) is 0 Å². The summed E-state index contributed by atoms with van der Waals surface area (Å²) in [7, 11) is 18.2. The van der Waals surface area contributed by atoms with Gasteiger partial charge in [0.15, 0.2) is 0 Å². The standard InChI is InChI=1S/C23H29.C21H12Cl2.C5H5.2ClH.Zr/c1-14-9-16-11-17-10-15(2)21(23(6,7)8)13-19(17)18(16)12-20(14)22(3,4)5;22-18-10-14-5-1-3-7-20(14)16(12-18)9-17-13-19(23)11-15-6-2-4-8-21(15)17;1-2-4-5-3-1;;;/h9-13H,1-8H3;1-8,10-13H;1-5H;2*1H;/q;;;;;+2/p-2. The van der Waals surface area contributed by atoms with Crippen molar-refractivity contribution < 1.29 is 15.9 Å². The van der Waals surface area contributed by atoms with Crippen LogP contribution in [0.3, 0.4) is 0 Å². The molecule has 0 bridgehead atoms. The summed E-state index contributed by atoms with van der Waals surface area (Å²) in [5, 5.41) is 5.47. The summed E-state index contributed by atoms with van der Waals surface area (Å²) in [6, 6.07) is 34.8. The molecule has 0 aliphatic heterocycles. The molecule has 0 N–H and O–H groups in total. The molecule has 0 saturated heterocycles. The Kier molecular flexibility index (Phi) is 9.28. The fraction of sp³-hybridized carbons (Fsp3) is 0.245. The van der Waals surface area contributed by atoms with Gasteiger partial charge in [-0.25, -0.2) is 0 Å². The molecule has 2 aliphatic carbocycles. The van der Waals surface area contributed by atoms with Crippen LogP contribution in [0.1, 0.15) is 89.7 Å². The molecule has 0 spiro atoms. The van der Waals surface area contributed by atoms with Crippen molar-refractivity contribution in [3.63, 3.8) is 0 Å². The van der Waals surface area contributed by atoms with Crippen LogP contribution in [0.2, 0.25) is 13.7 Å². The maximum absolute atomic E-state index is 9.12. The number of fused-ring (bicyclic) bond motifs is 5. The van der Waals surface area contributed by atoms with E-state index in [1.807, 2.05) is 12.1 Å². The fourth-order valence-corrected chi connectivity index (χ4v) is 29.3. The minimum absolute atomic E-state index is 0.0531. The fourth-order valence-electron chi connectivity index (χ4n) is 9.67. The van der Waals surface area contributed by atoms with Crippen LogP contribution >= 0.6 is 40.2 Å². The van der Waals surface area contributed by atoms with Gasteiger partial charge in [0.2, 0.25) is 0 Å². The van der Waals surface area contributed by atoms with Gasteiger partial charge in [0, 0.05) is 0 Å². The first-order valence-electron chi connectivity index (χ1n) is 18.9. The molecule has 0 atom stereocenters. The molecule has 0 aromatic heterocycles. The van der Waals surface area contributed by atoms with E-state index in [0.29, 0.717) is 10.0 Å². The van der Waals surface area contributed by atoms with Crippen molar-refractivity contribution in [3.05, 3.63) is 176 Å². The number of allylic oxidation sites excluding steroid dienone is 4. The van der Waals surface area contributed by atoms with Crippen molar-refractivity contribution in [2.75, 3.05) is 0 Å². The predicted molar refractivity (Wildman–Crippen MR) is 235 cm³/mol. The van der Waals surface area contributed by atoms with Crippen molar-refractivity contribution in [2.24, 2.45) is 0 Å². The maximum atomic E-state index is 9.12. The van der Waals surface area contributed by atoms with Crippen LogP contribution in [-0.2, 0) is 26.7 Å². The molecule has 5 heteroatoms. The summed E-state index contributed by atoms with van der Waals surface area (Å²) < 4.78 is 0.467. The van der Waals surface area contributed by atoms with E-state index in [1.54, 1.807) is 0 Å². The first kappa shape index (κ1) is 38.1. The number of aryl methyl sites for hydroxylation is 2. The van der Waals surface area contributed by atoms with E-state index in [-0.39, 0.29) is 18.1 Å². The third kappa shape index (κ3) is 5.99. The second-order valence-electron chi connectivity index (χ2n) is 17.6. The normalized spacial score (nSPS) is 15.1. The van der Waals surface area contributed by atoms with Crippen molar-refractivity contribution in [1.82, 2.24) is 0 Å². The summed E-state index contributed by atoms with van der Waals surface area (Å²) in [6.45, 7) is 18.3. The molecular weight excluding hydrogens is 822 g/mol. The molecular formula is C49H46Cl4Zr. The average molecular weight is 868 g/mol. The van der Waals surface area contributed by atoms with Crippen LogP contribution < -0.4 is 0 Å². The van der Waals surface area contributed by atoms with Crippen molar-refractivity contribution >= 4 is 65.0 Å². The number of benzene rings is 6. The number of rotatable bonds is 4. The number of halogens is 4. The van der Waals surface area contributed by atoms with E-state index in [1.165, 1.54) is 44.5 Å². The second-order valence-corrected chi connectivity index (χ2v) is 39.2. The minimum atomic E-state index is -5.84. The van der Waals surface area contributed by atoms with Crippen LogP contribution in [0.4, 0.5) is 0 Å². The van der Waals surface area contributed by atoms with Crippen molar-refractivity contribution in [3.8, 4) is 11.1 Å². The molecule has 8 rings (SSSR count). The first-order valence-corrected chi connectivity index (χ1v) is 30.0. The van der Waals surface area contributed by atoms with E-state index in [4.69, 9.17) is 40.2 Å². The van der Waals surface area contributed by atoms with Crippen LogP contribution in [0.25, 0.3) is 32.7 Å². The topological polar surface area (TPSA) is 0 Å². The van der Waals surface area contributed by atoms with E-state index in [2.05, 4.69) is 165 Å². The summed E-state index contributed by atoms with van der Waals surface area (Å²) in [5.74, 6) is 0. The number of hydrogen-bond acceptors (Lipinski definition) is 0. The Labute approximate surface area is 338 Å². The van der Waals surface area contributed by atoms with Gasteiger partial charge >= 0.3 is 341 Å². The van der Waals surface area contributed by atoms with Gasteiger partial charge in [-0.05, 0) is 0 Å². The molecule has 0 amide bonds. The van der Waals surface area contributed by atoms with E-state index >= 15 is 0 Å². The summed E-state index contributed by atoms with van der Waals surface area (Å²) in [6.07, 6.45) is 8.72. The zero-order valence-electron chi connectivity index (χ0n) is 32.2. The van der Waals surface area contributed by atoms with Crippen LogP contribution in [0.15, 0.2) is 121 Å². The van der Waals surface area contributed by atoms with Crippen LogP contribution in [0.5, 0.6) is 0 Å². The van der Waals surface area contributed by atoms with Crippen molar-refractivity contribution in [2.45, 2.75) is 73.5 Å². The molecule has 54 heavy (non-hydrogen) atoms. The Bertz CT molecular complexity index is 2520. The molecule has 0 unspecified atom stereocenters. The molecule has 6 aromatic rings. The molecule has 6 aromatic carbocycles. The van der Waals surface area contributed by atoms with Crippen LogP contribution in [0, 0.1) is 13.8 Å². The average Bonchev–Trinajstić information content (AvgIpc) is 3.74. The van der Waals surface area contributed by atoms with Gasteiger partial charge in [-0.15, -0.1) is 0 Å². The summed E-state index contributed by atoms with van der Waals surface area (Å²) in [5.41, 5.74) is 11.9. The second kappa shape index (κ2) is 13.1. The van der Waals surface area contributed by atoms with Gasteiger partial charge in [-0.2, -0.15) is 0 Å². The van der Waals surface area contributed by atoms with Gasteiger partial charge in [0.25, 0.3) is 0 Å². The summed E-state index contributed by atoms with van der Waals surface area (Å²) in [4.78, 5) is 0. The third-order valence-electron chi connectivity index (χ3n) is 11.9. The van der Waals surface area contributed by atoms with Gasteiger partial charge < -0.3 is 0 Å². The molecule has 0 fully saturated rings. The van der Waals surface area contributed by atoms with E-state index in [0.717, 1.165) is 35.9 Å². The Hall–Kier alpha value is -2.77.